The van der Waals surface area contributed by atoms with E-state index < -0.39 is 103 Å². The molecule has 3 aromatic rings. The predicted octanol–water partition coefficient (Wildman–Crippen LogP) is 5.93. The van der Waals surface area contributed by atoms with Gasteiger partial charge in [0.2, 0.25) is 17.0 Å². The Hall–Kier alpha value is -4.17. The summed E-state index contributed by atoms with van der Waals surface area (Å²) in [4.78, 5) is 12.9. The second-order valence-electron chi connectivity index (χ2n) is 13.4. The molecule has 24 heteroatoms. The van der Waals surface area contributed by atoms with E-state index in [0.29, 0.717) is 0 Å². The number of halogens is 14. The molecule has 6 rings (SSSR count). The van der Waals surface area contributed by atoms with E-state index in [-0.39, 0.29) is 22.3 Å². The van der Waals surface area contributed by atoms with Crippen LogP contribution in [0.4, 0.5) is 61.5 Å². The van der Waals surface area contributed by atoms with Gasteiger partial charge in [0, 0.05) is 0 Å². The molecule has 57 heavy (non-hydrogen) atoms. The molecule has 0 aromatic heterocycles. The SMILES string of the molecule is O=C(OCC(COCc1ccc(C2(C(F)(F)F)NN2)cc1)(COCc1ccc(C2(C(F)(F)F)NN2)cc1)C(F)(F)C(F)(F)F)c1ccc(C2(C(F)(F)F)NN2)cc1. The number of esters is 1. The van der Waals surface area contributed by atoms with Gasteiger partial charge in [-0.15, -0.1) is 0 Å². The number of hydrogen-bond acceptors (Lipinski definition) is 10. The van der Waals surface area contributed by atoms with E-state index in [1.807, 2.05) is 32.6 Å². The van der Waals surface area contributed by atoms with Crippen molar-refractivity contribution in [1.29, 1.82) is 0 Å². The Bertz CT molecular complexity index is 1830. The van der Waals surface area contributed by atoms with Gasteiger partial charge in [-0.1, -0.05) is 60.7 Å². The van der Waals surface area contributed by atoms with Gasteiger partial charge < -0.3 is 14.2 Å². The van der Waals surface area contributed by atoms with E-state index >= 15 is 8.78 Å². The summed E-state index contributed by atoms with van der Waals surface area (Å²) in [7, 11) is 0. The summed E-state index contributed by atoms with van der Waals surface area (Å²) in [6, 6.07) is 11.6. The first-order chi connectivity index (χ1) is 26.3. The fourth-order valence-corrected chi connectivity index (χ4v) is 5.81. The van der Waals surface area contributed by atoms with Crippen molar-refractivity contribution in [2.24, 2.45) is 5.41 Å². The van der Waals surface area contributed by atoms with Crippen molar-refractivity contribution >= 4 is 5.97 Å². The highest BCUT2D eigenvalue weighted by Crippen LogP contribution is 2.50. The molecule has 3 heterocycles. The lowest BCUT2D eigenvalue weighted by atomic mass is 9.82. The molecule has 0 amide bonds. The zero-order valence-electron chi connectivity index (χ0n) is 28.4. The molecular weight excluding hydrogens is 810 g/mol. The average molecular weight is 839 g/mol. The van der Waals surface area contributed by atoms with E-state index in [2.05, 4.69) is 0 Å². The van der Waals surface area contributed by atoms with Crippen LogP contribution in [-0.2, 0) is 44.4 Å². The van der Waals surface area contributed by atoms with Crippen LogP contribution >= 0.6 is 0 Å². The maximum Gasteiger partial charge on any atom is 0.454 e. The topological polar surface area (TPSA) is 176 Å². The highest BCUT2D eigenvalue weighted by atomic mass is 19.4. The van der Waals surface area contributed by atoms with Crippen molar-refractivity contribution < 1.29 is 80.5 Å². The minimum absolute atomic E-state index is 0.0200. The lowest BCUT2D eigenvalue weighted by Crippen LogP contribution is -2.59. The predicted molar refractivity (Wildman–Crippen MR) is 164 cm³/mol. The van der Waals surface area contributed by atoms with E-state index in [9.17, 15) is 57.5 Å². The molecule has 0 saturated carbocycles. The van der Waals surface area contributed by atoms with Crippen LogP contribution in [0.5, 0.6) is 0 Å². The van der Waals surface area contributed by atoms with Crippen LogP contribution in [-0.4, -0.2) is 56.4 Å². The van der Waals surface area contributed by atoms with Crippen LogP contribution in [0, 0.1) is 5.41 Å². The molecule has 0 atom stereocenters. The van der Waals surface area contributed by atoms with Gasteiger partial charge in [0.05, 0.1) is 32.0 Å². The van der Waals surface area contributed by atoms with Crippen LogP contribution < -0.4 is 32.6 Å². The highest BCUT2D eigenvalue weighted by Gasteiger charge is 2.71. The third-order valence-electron chi connectivity index (χ3n) is 9.52. The first-order valence-corrected chi connectivity index (χ1v) is 16.2. The van der Waals surface area contributed by atoms with E-state index in [1.165, 1.54) is 0 Å². The number of carbonyl (C=O) groups is 1. The lowest BCUT2D eigenvalue weighted by Gasteiger charge is -2.40. The fourth-order valence-electron chi connectivity index (χ4n) is 5.81. The number of hydrogen-bond donors (Lipinski definition) is 6. The number of rotatable bonds is 15. The molecular formula is C33H28F14N6O4. The zero-order valence-corrected chi connectivity index (χ0v) is 28.4. The molecule has 3 saturated heterocycles. The Balaban J connectivity index is 1.22. The summed E-state index contributed by atoms with van der Waals surface area (Å²) in [5, 5.41) is 0. The van der Waals surface area contributed by atoms with Gasteiger partial charge >= 0.3 is 36.6 Å². The van der Waals surface area contributed by atoms with Gasteiger partial charge in [0.1, 0.15) is 12.0 Å². The number of carbonyl (C=O) groups excluding carboxylic acids is 1. The third kappa shape index (κ3) is 7.88. The second kappa shape index (κ2) is 14.3. The molecule has 0 radical (unpaired) electrons. The number of alkyl halides is 14. The second-order valence-corrected chi connectivity index (χ2v) is 13.4. The Morgan fingerprint density at radius 3 is 1.07 bits per heavy atom. The van der Waals surface area contributed by atoms with Gasteiger partial charge in [0.15, 0.2) is 0 Å². The summed E-state index contributed by atoms with van der Waals surface area (Å²) < 4.78 is 210. The molecule has 10 nitrogen and oxygen atoms in total. The average Bonchev–Trinajstić information content (AvgIpc) is 3.99. The van der Waals surface area contributed by atoms with Gasteiger partial charge in [0.25, 0.3) is 0 Å². The molecule has 6 N–H and O–H groups in total. The molecule has 0 unspecified atom stereocenters. The van der Waals surface area contributed by atoms with Crippen molar-refractivity contribution in [3.8, 4) is 0 Å². The summed E-state index contributed by atoms with van der Waals surface area (Å²) in [6.07, 6.45) is -20.7. The number of benzene rings is 3. The smallest absolute Gasteiger partial charge is 0.454 e. The van der Waals surface area contributed by atoms with Gasteiger partial charge in [-0.25, -0.2) is 37.3 Å². The fraction of sp³-hybridized carbons (Fsp3) is 0.424. The normalized spacial score (nSPS) is 18.9. The molecule has 0 bridgehead atoms. The number of nitrogens with one attached hydrogen (secondary N) is 6. The molecule has 3 aliphatic rings. The van der Waals surface area contributed by atoms with Gasteiger partial charge in [-0.2, -0.15) is 61.5 Å². The molecule has 3 aliphatic heterocycles. The van der Waals surface area contributed by atoms with E-state index in [4.69, 9.17) is 14.2 Å². The van der Waals surface area contributed by atoms with Crippen molar-refractivity contribution in [1.82, 2.24) is 32.6 Å². The van der Waals surface area contributed by atoms with E-state index in [0.717, 1.165) is 72.8 Å². The van der Waals surface area contributed by atoms with Crippen LogP contribution in [0.15, 0.2) is 72.8 Å². The Morgan fingerprint density at radius 1 is 0.474 bits per heavy atom. The zero-order chi connectivity index (χ0) is 41.9. The van der Waals surface area contributed by atoms with Crippen LogP contribution in [0.25, 0.3) is 0 Å². The minimum atomic E-state index is -6.35. The molecule has 3 aromatic carbocycles. The first kappa shape index (κ1) is 42.4. The summed E-state index contributed by atoms with van der Waals surface area (Å²) in [6.45, 7) is -6.42. The monoisotopic (exact) mass is 838 g/mol. The maximum atomic E-state index is 15.6. The van der Waals surface area contributed by atoms with Crippen LogP contribution in [0.1, 0.15) is 38.2 Å². The Labute approximate surface area is 311 Å². The lowest BCUT2D eigenvalue weighted by molar-refractivity contribution is -0.345. The van der Waals surface area contributed by atoms with Crippen molar-refractivity contribution in [2.45, 2.75) is 60.8 Å². The molecule has 0 spiro atoms. The van der Waals surface area contributed by atoms with Gasteiger partial charge in [-0.05, 0) is 39.9 Å². The van der Waals surface area contributed by atoms with Crippen molar-refractivity contribution in [3.05, 3.63) is 106 Å². The van der Waals surface area contributed by atoms with E-state index in [1.54, 1.807) is 0 Å². The number of ether oxygens (including phenoxy) is 3. The molecule has 3 fully saturated rings. The van der Waals surface area contributed by atoms with Crippen LogP contribution in [0.3, 0.4) is 0 Å². The summed E-state index contributed by atoms with van der Waals surface area (Å²) in [5.41, 5.74) is -1.23. The number of hydrazine groups is 3. The largest absolute Gasteiger partial charge is 0.461 e. The quantitative estimate of drug-likeness (QED) is 0.0612. The highest BCUT2D eigenvalue weighted by molar-refractivity contribution is 5.89. The van der Waals surface area contributed by atoms with Crippen LogP contribution in [0.2, 0.25) is 0 Å². The van der Waals surface area contributed by atoms with Crippen molar-refractivity contribution in [3.63, 3.8) is 0 Å². The van der Waals surface area contributed by atoms with Gasteiger partial charge in [-0.3, -0.25) is 0 Å². The minimum Gasteiger partial charge on any atom is -0.461 e. The Kier molecular flexibility index (Phi) is 10.6. The molecule has 312 valence electrons. The third-order valence-corrected chi connectivity index (χ3v) is 9.52. The molecule has 0 aliphatic carbocycles. The Morgan fingerprint density at radius 2 is 0.789 bits per heavy atom. The standard InChI is InChI=1S/C33H28F14N6O4/c34-29(35,33(45,46)47)25(15-55-13-18-1-7-21(8-2-18)26(48-49-26)30(36,37)38,16-56-14-19-3-9-22(10-4-19)27(50-51-27)31(39,40)41)17-57-24(54)20-5-11-23(12-6-20)28(52-53-28)32(42,43)44/h1-12,48-53H,13-17H2. The van der Waals surface area contributed by atoms with Crippen molar-refractivity contribution in [2.75, 3.05) is 19.8 Å². The summed E-state index contributed by atoms with van der Waals surface area (Å²) in [5.74, 6) is -7.31. The maximum absolute atomic E-state index is 15.6. The summed E-state index contributed by atoms with van der Waals surface area (Å²) >= 11 is 0. The first-order valence-electron chi connectivity index (χ1n) is 16.2.